The zero-order valence-electron chi connectivity index (χ0n) is 12.4. The van der Waals surface area contributed by atoms with Crippen LogP contribution in [0.25, 0.3) is 10.2 Å². The summed E-state index contributed by atoms with van der Waals surface area (Å²) in [4.78, 5) is 18.2. The van der Waals surface area contributed by atoms with Gasteiger partial charge in [0.2, 0.25) is 0 Å². The third-order valence-corrected chi connectivity index (χ3v) is 5.07. The number of thiazole rings is 1. The molecule has 0 N–H and O–H groups in total. The van der Waals surface area contributed by atoms with Crippen molar-refractivity contribution in [2.45, 2.75) is 6.10 Å². The molecule has 7 heteroatoms. The van der Waals surface area contributed by atoms with Crippen molar-refractivity contribution >= 4 is 39.1 Å². The van der Waals surface area contributed by atoms with Crippen molar-refractivity contribution in [3.05, 3.63) is 58.9 Å². The second-order valence-electron chi connectivity index (χ2n) is 5.50. The van der Waals surface area contributed by atoms with Gasteiger partial charge < -0.3 is 9.64 Å². The zero-order chi connectivity index (χ0) is 16.7. The van der Waals surface area contributed by atoms with E-state index in [1.165, 1.54) is 23.5 Å². The lowest BCUT2D eigenvalue weighted by atomic mass is 10.1. The maximum Gasteiger partial charge on any atom is 0.274 e. The summed E-state index contributed by atoms with van der Waals surface area (Å²) in [5.41, 5.74) is 0.806. The van der Waals surface area contributed by atoms with Crippen molar-refractivity contribution in [2.75, 3.05) is 13.1 Å². The maximum atomic E-state index is 13.7. The largest absolute Gasteiger partial charge is 0.463 e. The Hall–Kier alpha value is -2.18. The van der Waals surface area contributed by atoms with Gasteiger partial charge >= 0.3 is 0 Å². The molecule has 0 radical (unpaired) electrons. The summed E-state index contributed by atoms with van der Waals surface area (Å²) in [6.07, 6.45) is -0.139. The number of carbonyl (C=O) groups is 1. The van der Waals surface area contributed by atoms with Gasteiger partial charge in [0.25, 0.3) is 11.1 Å². The smallest absolute Gasteiger partial charge is 0.274 e. The highest BCUT2D eigenvalue weighted by molar-refractivity contribution is 7.20. The molecule has 1 saturated heterocycles. The van der Waals surface area contributed by atoms with Crippen molar-refractivity contribution < 1.29 is 13.9 Å². The Labute approximate surface area is 146 Å². The summed E-state index contributed by atoms with van der Waals surface area (Å²) in [7, 11) is 0. The molecule has 0 saturated carbocycles. The Morgan fingerprint density at radius 2 is 2.04 bits per heavy atom. The molecule has 3 aromatic rings. The predicted molar refractivity (Wildman–Crippen MR) is 91.3 cm³/mol. The van der Waals surface area contributed by atoms with Crippen LogP contribution >= 0.6 is 22.9 Å². The van der Waals surface area contributed by atoms with Gasteiger partial charge in [0, 0.05) is 0 Å². The molecule has 122 valence electrons. The fourth-order valence-electron chi connectivity index (χ4n) is 2.57. The van der Waals surface area contributed by atoms with Crippen molar-refractivity contribution in [3.8, 4) is 5.19 Å². The summed E-state index contributed by atoms with van der Waals surface area (Å²) in [5, 5.41) is 1.12. The van der Waals surface area contributed by atoms with Gasteiger partial charge in [0.1, 0.15) is 17.4 Å². The Bertz CT molecular complexity index is 924. The van der Waals surface area contributed by atoms with E-state index in [1.807, 2.05) is 12.1 Å². The lowest BCUT2D eigenvalue weighted by Gasteiger charge is -2.38. The van der Waals surface area contributed by atoms with E-state index in [4.69, 9.17) is 16.3 Å². The van der Waals surface area contributed by atoms with Crippen molar-refractivity contribution in [3.63, 3.8) is 0 Å². The minimum Gasteiger partial charge on any atom is -0.463 e. The van der Waals surface area contributed by atoms with Crippen LogP contribution in [0, 0.1) is 5.82 Å². The van der Waals surface area contributed by atoms with Crippen LogP contribution in [0.5, 0.6) is 5.19 Å². The Balaban J connectivity index is 1.41. The first-order valence-corrected chi connectivity index (χ1v) is 8.57. The second kappa shape index (κ2) is 6.03. The Morgan fingerprint density at radius 1 is 1.25 bits per heavy atom. The number of amides is 1. The lowest BCUT2D eigenvalue weighted by molar-refractivity contribution is 0.0174. The molecule has 2 aromatic carbocycles. The quantitative estimate of drug-likeness (QED) is 0.707. The average molecular weight is 363 g/mol. The maximum absolute atomic E-state index is 13.7. The van der Waals surface area contributed by atoms with E-state index in [2.05, 4.69) is 4.98 Å². The molecule has 0 atom stereocenters. The molecule has 24 heavy (non-hydrogen) atoms. The number of ether oxygens (including phenoxy) is 1. The number of halogens is 2. The van der Waals surface area contributed by atoms with Crippen molar-refractivity contribution in [2.24, 2.45) is 0 Å². The van der Waals surface area contributed by atoms with E-state index in [1.54, 1.807) is 23.1 Å². The fraction of sp³-hybridized carbons (Fsp3) is 0.176. The molecule has 0 spiro atoms. The summed E-state index contributed by atoms with van der Waals surface area (Å²) >= 11 is 7.52. The first-order chi connectivity index (χ1) is 11.6. The molecule has 0 aliphatic carbocycles. The van der Waals surface area contributed by atoms with Crippen LogP contribution < -0.4 is 4.74 Å². The van der Waals surface area contributed by atoms with Crippen LogP contribution in [0.1, 0.15) is 10.4 Å². The minimum atomic E-state index is -0.507. The van der Waals surface area contributed by atoms with E-state index < -0.39 is 5.82 Å². The third-order valence-electron chi connectivity index (χ3n) is 3.86. The Morgan fingerprint density at radius 3 is 2.79 bits per heavy atom. The number of likely N-dealkylation sites (tertiary alicyclic amines) is 1. The van der Waals surface area contributed by atoms with E-state index in [0.29, 0.717) is 23.3 Å². The highest BCUT2D eigenvalue weighted by Gasteiger charge is 2.34. The van der Waals surface area contributed by atoms with Crippen LogP contribution in [-0.4, -0.2) is 35.0 Å². The van der Waals surface area contributed by atoms with Gasteiger partial charge in [-0.2, -0.15) is 0 Å². The molecule has 1 fully saturated rings. The average Bonchev–Trinajstić information content (AvgIpc) is 2.94. The first kappa shape index (κ1) is 15.4. The molecule has 0 unspecified atom stereocenters. The van der Waals surface area contributed by atoms with E-state index in [9.17, 15) is 9.18 Å². The number of fused-ring (bicyclic) bond motifs is 1. The third kappa shape index (κ3) is 2.72. The Kier molecular flexibility index (Phi) is 3.86. The summed E-state index contributed by atoms with van der Waals surface area (Å²) in [6, 6.07) is 11.6. The van der Waals surface area contributed by atoms with Gasteiger partial charge in [0.05, 0.1) is 28.4 Å². The number of hydrogen-bond donors (Lipinski definition) is 0. The molecule has 4 rings (SSSR count). The van der Waals surface area contributed by atoms with E-state index >= 15 is 0 Å². The summed E-state index contributed by atoms with van der Waals surface area (Å²) in [5.74, 6) is -0.826. The van der Waals surface area contributed by atoms with Gasteiger partial charge in [-0.3, -0.25) is 4.79 Å². The van der Waals surface area contributed by atoms with Crippen LogP contribution in [0.15, 0.2) is 42.5 Å². The highest BCUT2D eigenvalue weighted by atomic mass is 35.5. The molecule has 1 aromatic heterocycles. The van der Waals surface area contributed by atoms with E-state index in [0.717, 1.165) is 10.2 Å². The predicted octanol–water partition coefficient (Wildman–Crippen LogP) is 3.99. The van der Waals surface area contributed by atoms with Gasteiger partial charge in [-0.05, 0) is 24.3 Å². The van der Waals surface area contributed by atoms with Gasteiger partial charge in [-0.25, -0.2) is 9.37 Å². The summed E-state index contributed by atoms with van der Waals surface area (Å²) < 4.78 is 20.4. The second-order valence-corrected chi connectivity index (χ2v) is 6.90. The normalized spacial score (nSPS) is 14.7. The molecule has 2 heterocycles. The number of aromatic nitrogens is 1. The summed E-state index contributed by atoms with van der Waals surface area (Å²) in [6.45, 7) is 0.827. The molecular weight excluding hydrogens is 351 g/mol. The van der Waals surface area contributed by atoms with Crippen LogP contribution in [0.4, 0.5) is 4.39 Å². The SMILES string of the molecule is O=C(c1ccccc1F)N1CC(Oc2nc3c(Cl)cccc3s2)C1. The fourth-order valence-corrected chi connectivity index (χ4v) is 3.75. The molecule has 1 amide bonds. The standard InChI is InChI=1S/C17H12ClFN2O2S/c18-12-5-3-7-14-15(12)20-17(24-14)23-10-8-21(9-10)16(22)11-4-1-2-6-13(11)19/h1-7,10H,8-9H2. The van der Waals surface area contributed by atoms with Gasteiger partial charge in [-0.15, -0.1) is 0 Å². The van der Waals surface area contributed by atoms with E-state index in [-0.39, 0.29) is 17.6 Å². The van der Waals surface area contributed by atoms with Crippen molar-refractivity contribution in [1.82, 2.24) is 9.88 Å². The van der Waals surface area contributed by atoms with Gasteiger partial charge in [0.15, 0.2) is 0 Å². The topological polar surface area (TPSA) is 42.4 Å². The highest BCUT2D eigenvalue weighted by Crippen LogP contribution is 2.33. The van der Waals surface area contributed by atoms with Crippen molar-refractivity contribution in [1.29, 1.82) is 0 Å². The first-order valence-electron chi connectivity index (χ1n) is 7.37. The van der Waals surface area contributed by atoms with Crippen LogP contribution in [-0.2, 0) is 0 Å². The molecule has 1 aliphatic rings. The minimum absolute atomic E-state index is 0.0859. The molecule has 0 bridgehead atoms. The molecular formula is C17H12ClFN2O2S. The number of nitrogens with zero attached hydrogens (tertiary/aromatic N) is 2. The number of rotatable bonds is 3. The number of hydrogen-bond acceptors (Lipinski definition) is 4. The van der Waals surface area contributed by atoms with Crippen LogP contribution in [0.3, 0.4) is 0 Å². The molecule has 1 aliphatic heterocycles. The molecule has 4 nitrogen and oxygen atoms in total. The number of benzene rings is 2. The number of carbonyl (C=O) groups excluding carboxylic acids is 1. The van der Waals surface area contributed by atoms with Gasteiger partial charge in [-0.1, -0.05) is 41.1 Å². The monoisotopic (exact) mass is 362 g/mol. The zero-order valence-corrected chi connectivity index (χ0v) is 14.0. The number of para-hydroxylation sites is 1. The van der Waals surface area contributed by atoms with Crippen LogP contribution in [0.2, 0.25) is 5.02 Å². The lowest BCUT2D eigenvalue weighted by Crippen LogP contribution is -2.56.